The summed E-state index contributed by atoms with van der Waals surface area (Å²) in [6.45, 7) is 2.03. The Bertz CT molecular complexity index is 363. The van der Waals surface area contributed by atoms with Crippen molar-refractivity contribution in [1.29, 1.82) is 5.26 Å². The van der Waals surface area contributed by atoms with E-state index in [9.17, 15) is 4.79 Å². The van der Waals surface area contributed by atoms with E-state index in [1.54, 1.807) is 0 Å². The third kappa shape index (κ3) is 3.02. The van der Waals surface area contributed by atoms with Gasteiger partial charge in [-0.2, -0.15) is 5.26 Å². The molecule has 0 aliphatic carbocycles. The highest BCUT2D eigenvalue weighted by atomic mass is 16.1. The van der Waals surface area contributed by atoms with Crippen LogP contribution in [0.2, 0.25) is 0 Å². The van der Waals surface area contributed by atoms with Crippen LogP contribution in [0.25, 0.3) is 0 Å². The van der Waals surface area contributed by atoms with Crippen LogP contribution in [0.5, 0.6) is 0 Å². The summed E-state index contributed by atoms with van der Waals surface area (Å²) >= 11 is 0. The summed E-state index contributed by atoms with van der Waals surface area (Å²) in [6, 6.07) is 9.87. The Kier molecular flexibility index (Phi) is 3.87. The maximum absolute atomic E-state index is 11.1. The van der Waals surface area contributed by atoms with Crippen molar-refractivity contribution in [3.63, 3.8) is 0 Å². The van der Waals surface area contributed by atoms with E-state index in [0.717, 1.165) is 6.42 Å². The Balaban J connectivity index is 2.51. The minimum absolute atomic E-state index is 0.0238. The molecule has 1 aromatic carbocycles. The van der Waals surface area contributed by atoms with Crippen molar-refractivity contribution in [2.45, 2.75) is 26.2 Å². The Morgan fingerprint density at radius 2 is 2.14 bits per heavy atom. The minimum Gasteiger partial charge on any atom is -0.299 e. The summed E-state index contributed by atoms with van der Waals surface area (Å²) in [7, 11) is 0. The molecule has 14 heavy (non-hydrogen) atoms. The fourth-order valence-corrected chi connectivity index (χ4v) is 1.34. The molecule has 0 aromatic heterocycles. The standard InChI is InChI=1S/C12H13NO/c1-10-4-2-3-5-11(10)6-7-12(14)8-9-13/h2-5H,6-8H2,1H3. The molecule has 1 aromatic rings. The molecule has 0 atom stereocenters. The van der Waals surface area contributed by atoms with Crippen molar-refractivity contribution in [3.8, 4) is 6.07 Å². The van der Waals surface area contributed by atoms with Gasteiger partial charge in [-0.3, -0.25) is 4.79 Å². The second-order valence-corrected chi connectivity index (χ2v) is 3.30. The van der Waals surface area contributed by atoms with Crippen LogP contribution in [-0.2, 0) is 11.2 Å². The van der Waals surface area contributed by atoms with Crippen LogP contribution in [-0.4, -0.2) is 5.78 Å². The Hall–Kier alpha value is -1.62. The highest BCUT2D eigenvalue weighted by molar-refractivity contribution is 5.80. The second kappa shape index (κ2) is 5.18. The molecule has 0 heterocycles. The van der Waals surface area contributed by atoms with E-state index < -0.39 is 0 Å². The molecule has 0 radical (unpaired) electrons. The van der Waals surface area contributed by atoms with Gasteiger partial charge in [0.25, 0.3) is 0 Å². The average Bonchev–Trinajstić information content (AvgIpc) is 2.17. The van der Waals surface area contributed by atoms with Crippen molar-refractivity contribution in [2.24, 2.45) is 0 Å². The minimum atomic E-state index is 0.0238. The molecule has 0 spiro atoms. The van der Waals surface area contributed by atoms with Gasteiger partial charge in [-0.1, -0.05) is 24.3 Å². The van der Waals surface area contributed by atoms with Gasteiger partial charge in [-0.15, -0.1) is 0 Å². The van der Waals surface area contributed by atoms with Crippen molar-refractivity contribution >= 4 is 5.78 Å². The maximum Gasteiger partial charge on any atom is 0.147 e. The quantitative estimate of drug-likeness (QED) is 0.726. The molecule has 0 bridgehead atoms. The molecule has 0 N–H and O–H groups in total. The number of ketones is 1. The molecule has 2 heteroatoms. The molecule has 72 valence electrons. The number of Topliss-reactive ketones (excluding diaryl/α,β-unsaturated/α-hetero) is 1. The van der Waals surface area contributed by atoms with Crippen LogP contribution < -0.4 is 0 Å². The number of carbonyl (C=O) groups is 1. The Morgan fingerprint density at radius 3 is 2.79 bits per heavy atom. The molecule has 0 unspecified atom stereocenters. The molecule has 0 aliphatic rings. The first-order chi connectivity index (χ1) is 6.74. The van der Waals surface area contributed by atoms with E-state index >= 15 is 0 Å². The van der Waals surface area contributed by atoms with Crippen LogP contribution >= 0.6 is 0 Å². The fourth-order valence-electron chi connectivity index (χ4n) is 1.34. The summed E-state index contributed by atoms with van der Waals surface area (Å²) in [5.74, 6) is 0.0238. The van der Waals surface area contributed by atoms with E-state index in [1.165, 1.54) is 11.1 Å². The third-order valence-corrected chi connectivity index (χ3v) is 2.21. The highest BCUT2D eigenvalue weighted by Gasteiger charge is 2.02. The summed E-state index contributed by atoms with van der Waals surface area (Å²) < 4.78 is 0. The van der Waals surface area contributed by atoms with Gasteiger partial charge in [0.1, 0.15) is 5.78 Å². The monoisotopic (exact) mass is 187 g/mol. The zero-order valence-electron chi connectivity index (χ0n) is 8.29. The van der Waals surface area contributed by atoms with Crippen LogP contribution in [0.4, 0.5) is 0 Å². The number of rotatable bonds is 4. The number of benzene rings is 1. The predicted molar refractivity (Wildman–Crippen MR) is 54.7 cm³/mol. The zero-order valence-corrected chi connectivity index (χ0v) is 8.29. The van der Waals surface area contributed by atoms with Crippen LogP contribution in [0.15, 0.2) is 24.3 Å². The van der Waals surface area contributed by atoms with Gasteiger partial charge < -0.3 is 0 Å². The maximum atomic E-state index is 11.1. The molecule has 0 saturated carbocycles. The number of nitrogens with zero attached hydrogens (tertiary/aromatic N) is 1. The molecule has 0 amide bonds. The topological polar surface area (TPSA) is 40.9 Å². The van der Waals surface area contributed by atoms with Crippen molar-refractivity contribution in [1.82, 2.24) is 0 Å². The van der Waals surface area contributed by atoms with Gasteiger partial charge in [0, 0.05) is 6.42 Å². The van der Waals surface area contributed by atoms with E-state index in [-0.39, 0.29) is 12.2 Å². The molecular weight excluding hydrogens is 174 g/mol. The highest BCUT2D eigenvalue weighted by Crippen LogP contribution is 2.09. The van der Waals surface area contributed by atoms with E-state index in [2.05, 4.69) is 0 Å². The summed E-state index contributed by atoms with van der Waals surface area (Å²) in [5.41, 5.74) is 2.40. The Morgan fingerprint density at radius 1 is 1.43 bits per heavy atom. The summed E-state index contributed by atoms with van der Waals surface area (Å²) in [4.78, 5) is 11.1. The Labute approximate surface area is 84.2 Å². The van der Waals surface area contributed by atoms with Crippen molar-refractivity contribution < 1.29 is 4.79 Å². The summed E-state index contributed by atoms with van der Waals surface area (Å²) in [6.07, 6.45) is 1.25. The van der Waals surface area contributed by atoms with E-state index in [1.807, 2.05) is 37.3 Å². The van der Waals surface area contributed by atoms with E-state index in [4.69, 9.17) is 5.26 Å². The first-order valence-electron chi connectivity index (χ1n) is 4.67. The second-order valence-electron chi connectivity index (χ2n) is 3.30. The van der Waals surface area contributed by atoms with Crippen molar-refractivity contribution in [2.75, 3.05) is 0 Å². The zero-order chi connectivity index (χ0) is 10.4. The number of nitriles is 1. The fraction of sp³-hybridized carbons (Fsp3) is 0.333. The lowest BCUT2D eigenvalue weighted by atomic mass is 10.0. The van der Waals surface area contributed by atoms with Crippen LogP contribution in [0.1, 0.15) is 24.0 Å². The molecule has 0 aliphatic heterocycles. The van der Waals surface area contributed by atoms with E-state index in [0.29, 0.717) is 6.42 Å². The third-order valence-electron chi connectivity index (χ3n) is 2.21. The summed E-state index contributed by atoms with van der Waals surface area (Å²) in [5, 5.41) is 8.32. The van der Waals surface area contributed by atoms with Crippen LogP contribution in [0.3, 0.4) is 0 Å². The lowest BCUT2D eigenvalue weighted by molar-refractivity contribution is -0.118. The molecule has 0 saturated heterocycles. The average molecular weight is 187 g/mol. The number of hydrogen-bond acceptors (Lipinski definition) is 2. The molecule has 1 rings (SSSR count). The normalized spacial score (nSPS) is 9.43. The molecule has 2 nitrogen and oxygen atoms in total. The number of hydrogen-bond donors (Lipinski definition) is 0. The van der Waals surface area contributed by atoms with Crippen molar-refractivity contribution in [3.05, 3.63) is 35.4 Å². The SMILES string of the molecule is Cc1ccccc1CCC(=O)CC#N. The molecule has 0 fully saturated rings. The van der Waals surface area contributed by atoms with Gasteiger partial charge in [-0.25, -0.2) is 0 Å². The predicted octanol–water partition coefficient (Wildman–Crippen LogP) is 2.41. The first-order valence-corrected chi connectivity index (χ1v) is 4.67. The lowest BCUT2D eigenvalue weighted by Gasteiger charge is -2.03. The van der Waals surface area contributed by atoms with Gasteiger partial charge in [0.15, 0.2) is 0 Å². The first kappa shape index (κ1) is 10.5. The lowest BCUT2D eigenvalue weighted by Crippen LogP contribution is -1.99. The van der Waals surface area contributed by atoms with Gasteiger partial charge in [0.2, 0.25) is 0 Å². The van der Waals surface area contributed by atoms with Gasteiger partial charge >= 0.3 is 0 Å². The van der Waals surface area contributed by atoms with Gasteiger partial charge in [0.05, 0.1) is 12.5 Å². The van der Waals surface area contributed by atoms with Gasteiger partial charge in [-0.05, 0) is 24.5 Å². The largest absolute Gasteiger partial charge is 0.299 e. The smallest absolute Gasteiger partial charge is 0.147 e. The molecular formula is C12H13NO. The number of aryl methyl sites for hydroxylation is 2. The number of carbonyl (C=O) groups excluding carboxylic acids is 1. The van der Waals surface area contributed by atoms with Crippen LogP contribution in [0, 0.1) is 18.3 Å².